The molecule has 1 heterocycles. The maximum atomic E-state index is 5.44. The zero-order valence-electron chi connectivity index (χ0n) is 35.9. The summed E-state index contributed by atoms with van der Waals surface area (Å²) in [5.41, 5.74) is 15.8. The number of aliphatic imine (C=N–C) groups is 1. The smallest absolute Gasteiger partial charge is 0.0712 e. The first-order chi connectivity index (χ1) is 28.4. The van der Waals surface area contributed by atoms with Gasteiger partial charge in [0.2, 0.25) is 0 Å². The molecular formula is C57H58N2. The molecular weight excluding hydrogens is 713 g/mol. The zero-order valence-corrected chi connectivity index (χ0v) is 35.9. The van der Waals surface area contributed by atoms with E-state index in [0.29, 0.717) is 12.5 Å². The Balaban J connectivity index is 1.46. The predicted octanol–water partition coefficient (Wildman–Crippen LogP) is 14.7. The minimum absolute atomic E-state index is 0.105. The van der Waals surface area contributed by atoms with Crippen LogP contribution in [0.15, 0.2) is 194 Å². The number of hydrogen-bond donors (Lipinski definition) is 0. The Morgan fingerprint density at radius 1 is 0.746 bits per heavy atom. The number of benzene rings is 6. The predicted molar refractivity (Wildman–Crippen MR) is 255 cm³/mol. The first-order valence-electron chi connectivity index (χ1n) is 21.0. The van der Waals surface area contributed by atoms with E-state index in [4.69, 9.17) is 4.99 Å². The van der Waals surface area contributed by atoms with Crippen molar-refractivity contribution in [3.05, 3.63) is 239 Å². The van der Waals surface area contributed by atoms with E-state index in [-0.39, 0.29) is 10.8 Å². The summed E-state index contributed by atoms with van der Waals surface area (Å²) in [4.78, 5) is 7.93. The number of allylic oxidation sites excluding steroid dienone is 5. The van der Waals surface area contributed by atoms with Crippen LogP contribution in [0.5, 0.6) is 0 Å². The van der Waals surface area contributed by atoms with Crippen LogP contribution in [0.1, 0.15) is 91.6 Å². The van der Waals surface area contributed by atoms with Crippen molar-refractivity contribution in [1.29, 1.82) is 0 Å². The van der Waals surface area contributed by atoms with Crippen LogP contribution in [0.25, 0.3) is 11.3 Å². The third-order valence-electron chi connectivity index (χ3n) is 12.4. The van der Waals surface area contributed by atoms with Gasteiger partial charge in [-0.05, 0) is 112 Å². The van der Waals surface area contributed by atoms with Crippen LogP contribution < -0.4 is 4.90 Å². The molecule has 0 amide bonds. The van der Waals surface area contributed by atoms with Crippen LogP contribution in [-0.4, -0.2) is 12.3 Å². The highest BCUT2D eigenvalue weighted by Crippen LogP contribution is 2.43. The van der Waals surface area contributed by atoms with E-state index < -0.39 is 0 Å². The first-order valence-corrected chi connectivity index (χ1v) is 21.0. The lowest BCUT2D eigenvalue weighted by atomic mass is 9.73. The number of fused-ring (bicyclic) bond motifs is 1. The Morgan fingerprint density at radius 3 is 2.10 bits per heavy atom. The van der Waals surface area contributed by atoms with Crippen LogP contribution in [0, 0.1) is 12.8 Å². The van der Waals surface area contributed by atoms with Crippen LogP contribution in [-0.2, 0) is 17.3 Å². The van der Waals surface area contributed by atoms with Gasteiger partial charge in [0, 0.05) is 34.6 Å². The molecule has 0 radical (unpaired) electrons. The normalized spacial score (nSPS) is 16.9. The summed E-state index contributed by atoms with van der Waals surface area (Å²) in [5, 5.41) is 0. The average Bonchev–Trinajstić information content (AvgIpc) is 3.25. The summed E-state index contributed by atoms with van der Waals surface area (Å²) in [6.45, 7) is 21.4. The molecule has 0 bridgehead atoms. The molecule has 296 valence electrons. The van der Waals surface area contributed by atoms with Crippen molar-refractivity contribution in [3.63, 3.8) is 0 Å². The third kappa shape index (κ3) is 9.08. The summed E-state index contributed by atoms with van der Waals surface area (Å²) < 4.78 is 0. The molecule has 0 saturated carbocycles. The molecule has 6 aromatic carbocycles. The third-order valence-corrected chi connectivity index (χ3v) is 12.4. The van der Waals surface area contributed by atoms with Crippen molar-refractivity contribution in [1.82, 2.24) is 0 Å². The number of aryl methyl sites for hydroxylation is 1. The molecule has 7 rings (SSSR count). The molecule has 1 aliphatic heterocycles. The van der Waals surface area contributed by atoms with Gasteiger partial charge in [0.15, 0.2) is 0 Å². The molecule has 0 spiro atoms. The van der Waals surface area contributed by atoms with Gasteiger partial charge in [-0.3, -0.25) is 4.99 Å². The van der Waals surface area contributed by atoms with Gasteiger partial charge in [-0.1, -0.05) is 193 Å². The Kier molecular flexibility index (Phi) is 12.3. The molecule has 2 nitrogen and oxygen atoms in total. The number of nitrogens with zero attached hydrogens (tertiary/aromatic N) is 2. The largest absolute Gasteiger partial charge is 0.337 e. The first kappa shape index (κ1) is 40.9. The van der Waals surface area contributed by atoms with Crippen molar-refractivity contribution in [3.8, 4) is 0 Å². The van der Waals surface area contributed by atoms with Crippen LogP contribution >= 0.6 is 0 Å². The highest BCUT2D eigenvalue weighted by molar-refractivity contribution is 6.02. The van der Waals surface area contributed by atoms with Crippen LogP contribution in [0.4, 0.5) is 11.4 Å². The quantitative estimate of drug-likeness (QED) is 0.100. The van der Waals surface area contributed by atoms with E-state index in [0.717, 1.165) is 45.8 Å². The van der Waals surface area contributed by atoms with Crippen molar-refractivity contribution >= 4 is 28.4 Å². The summed E-state index contributed by atoms with van der Waals surface area (Å²) in [6, 6.07) is 54.7. The van der Waals surface area contributed by atoms with Gasteiger partial charge < -0.3 is 4.90 Å². The number of hydrogen-bond acceptors (Lipinski definition) is 2. The van der Waals surface area contributed by atoms with Crippen molar-refractivity contribution in [2.45, 2.75) is 65.7 Å². The van der Waals surface area contributed by atoms with Crippen molar-refractivity contribution in [2.75, 3.05) is 11.4 Å². The summed E-state index contributed by atoms with van der Waals surface area (Å²) >= 11 is 0. The van der Waals surface area contributed by atoms with Gasteiger partial charge in [-0.2, -0.15) is 0 Å². The van der Waals surface area contributed by atoms with Crippen LogP contribution in [0.2, 0.25) is 0 Å². The second-order valence-electron chi connectivity index (χ2n) is 17.1. The van der Waals surface area contributed by atoms with Crippen molar-refractivity contribution < 1.29 is 0 Å². The van der Waals surface area contributed by atoms with Gasteiger partial charge in [-0.25, -0.2) is 0 Å². The maximum absolute atomic E-state index is 5.44. The van der Waals surface area contributed by atoms with Gasteiger partial charge in [0.25, 0.3) is 0 Å². The average molecular weight is 771 g/mol. The SMILES string of the molecule is C=C(/C=C(\N=C(/C)c1ccccc1)c1cc(Cc2ccccc2C(C)(C)c2ccccc2C)cc(N2C/C=C\C=C/C(C)C(C)(C)c3ccccc32)c1)c1ccccc1. The molecule has 0 N–H and O–H groups in total. The summed E-state index contributed by atoms with van der Waals surface area (Å²) in [6.07, 6.45) is 11.9. The Hall–Kier alpha value is -6.25. The standard InChI is InChI=1S/C57H58N2/c1-41-24-17-19-31-51(41)57(7,8)52-32-20-18-30-48(52)37-45-38-49(54(36-42(2)46-26-13-9-14-27-46)58-44(4)47-28-15-10-16-29-47)40-50(39-45)59-35-23-11-12-25-43(3)56(5,6)53-33-21-22-34-55(53)59/h9-34,36,38-40,43H,2,35,37H2,1,3-8H3/b23-11-,25-12-,54-36-,58-44+. The lowest BCUT2D eigenvalue weighted by Crippen LogP contribution is -2.29. The van der Waals surface area contributed by atoms with E-state index in [1.807, 2.05) is 6.07 Å². The van der Waals surface area contributed by atoms with Gasteiger partial charge in [0.05, 0.1) is 5.70 Å². The summed E-state index contributed by atoms with van der Waals surface area (Å²) in [7, 11) is 0. The lowest BCUT2D eigenvalue weighted by Gasteiger charge is -2.37. The van der Waals surface area contributed by atoms with Crippen molar-refractivity contribution in [2.24, 2.45) is 10.9 Å². The fourth-order valence-electron chi connectivity index (χ4n) is 8.57. The van der Waals surface area contributed by atoms with E-state index in [9.17, 15) is 0 Å². The molecule has 2 heteroatoms. The van der Waals surface area contributed by atoms with Gasteiger partial charge in [-0.15, -0.1) is 0 Å². The second-order valence-corrected chi connectivity index (χ2v) is 17.1. The Labute approximate surface area is 353 Å². The van der Waals surface area contributed by atoms with E-state index >= 15 is 0 Å². The van der Waals surface area contributed by atoms with Crippen LogP contribution in [0.3, 0.4) is 0 Å². The topological polar surface area (TPSA) is 15.6 Å². The maximum Gasteiger partial charge on any atom is 0.0712 e. The van der Waals surface area contributed by atoms with E-state index in [2.05, 4.69) is 236 Å². The molecule has 1 unspecified atom stereocenters. The molecule has 0 aliphatic carbocycles. The molecule has 1 aliphatic rings. The Morgan fingerprint density at radius 2 is 1.37 bits per heavy atom. The second kappa shape index (κ2) is 17.7. The Bertz CT molecular complexity index is 2550. The number of para-hydroxylation sites is 1. The molecule has 59 heavy (non-hydrogen) atoms. The molecule has 0 fully saturated rings. The van der Waals surface area contributed by atoms with E-state index in [1.54, 1.807) is 0 Å². The summed E-state index contributed by atoms with van der Waals surface area (Å²) in [5.74, 6) is 0.331. The molecule has 6 aromatic rings. The number of rotatable bonds is 10. The fourth-order valence-corrected chi connectivity index (χ4v) is 8.57. The molecule has 0 aromatic heterocycles. The van der Waals surface area contributed by atoms with E-state index in [1.165, 1.54) is 39.1 Å². The van der Waals surface area contributed by atoms with Gasteiger partial charge in [0.1, 0.15) is 0 Å². The molecule has 1 atom stereocenters. The zero-order chi connectivity index (χ0) is 41.6. The minimum Gasteiger partial charge on any atom is -0.337 e. The van der Waals surface area contributed by atoms with Gasteiger partial charge >= 0.3 is 0 Å². The highest BCUT2D eigenvalue weighted by atomic mass is 15.1. The monoisotopic (exact) mass is 770 g/mol. The number of anilines is 2. The lowest BCUT2D eigenvalue weighted by molar-refractivity contribution is 0.409. The fraction of sp³-hybridized carbons (Fsp3) is 0.211. The highest BCUT2D eigenvalue weighted by Gasteiger charge is 2.31. The molecule has 0 saturated heterocycles. The minimum atomic E-state index is -0.197.